The molecular weight excluding hydrogens is 374 g/mol. The number of carbonyl (C=O) groups excluding carboxylic acids is 1. The second-order valence-corrected chi connectivity index (χ2v) is 8.48. The van der Waals surface area contributed by atoms with Gasteiger partial charge >= 0.3 is 0 Å². The fourth-order valence-corrected chi connectivity index (χ4v) is 3.78. The van der Waals surface area contributed by atoms with E-state index in [1.165, 1.54) is 12.1 Å². The van der Waals surface area contributed by atoms with E-state index in [9.17, 15) is 23.4 Å². The zero-order valence-corrected chi connectivity index (χ0v) is 16.2. The molecule has 27 heavy (non-hydrogen) atoms. The Hall–Kier alpha value is -1.56. The topological polar surface area (TPSA) is 128 Å². The van der Waals surface area contributed by atoms with Crippen LogP contribution < -0.4 is 10.0 Å². The molecule has 0 saturated carbocycles. The summed E-state index contributed by atoms with van der Waals surface area (Å²) in [6, 6.07) is 7.80. The minimum Gasteiger partial charge on any atom is -0.388 e. The number of aliphatic hydroxyl groups excluding tert-OH is 2. The number of ether oxygens (including phenoxy) is 1. The largest absolute Gasteiger partial charge is 0.388 e. The van der Waals surface area contributed by atoms with Crippen LogP contribution in [0.3, 0.4) is 0 Å². The predicted molar refractivity (Wildman–Crippen MR) is 98.5 cm³/mol. The normalized spacial score (nSPS) is 25.7. The van der Waals surface area contributed by atoms with E-state index in [1.807, 2.05) is 19.0 Å². The van der Waals surface area contributed by atoms with Crippen molar-refractivity contribution < 1.29 is 28.2 Å². The van der Waals surface area contributed by atoms with Crippen LogP contribution in [0.25, 0.3) is 0 Å². The summed E-state index contributed by atoms with van der Waals surface area (Å²) in [6.45, 7) is 0.915. The number of hydrogen-bond acceptors (Lipinski definition) is 7. The Kier molecular flexibility index (Phi) is 7.71. The number of nitrogens with one attached hydrogen (secondary N) is 2. The molecule has 1 fully saturated rings. The molecule has 4 atom stereocenters. The van der Waals surface area contributed by atoms with Gasteiger partial charge in [0.15, 0.2) is 0 Å². The van der Waals surface area contributed by atoms with E-state index in [-0.39, 0.29) is 23.8 Å². The Labute approximate surface area is 159 Å². The van der Waals surface area contributed by atoms with Gasteiger partial charge in [0.05, 0.1) is 17.4 Å². The quantitative estimate of drug-likeness (QED) is 0.397. The minimum atomic E-state index is -3.76. The van der Waals surface area contributed by atoms with Gasteiger partial charge in [-0.05, 0) is 26.2 Å². The number of likely N-dealkylation sites (N-methyl/N-ethyl adjacent to an activating group) is 1. The van der Waals surface area contributed by atoms with E-state index in [0.717, 1.165) is 0 Å². The van der Waals surface area contributed by atoms with Crippen molar-refractivity contribution in [2.45, 2.75) is 35.7 Å². The Balaban J connectivity index is 1.86. The van der Waals surface area contributed by atoms with Crippen molar-refractivity contribution in [2.75, 3.05) is 33.7 Å². The highest BCUT2D eigenvalue weighted by molar-refractivity contribution is 7.89. The summed E-state index contributed by atoms with van der Waals surface area (Å²) < 4.78 is 32.3. The highest BCUT2D eigenvalue weighted by atomic mass is 32.2. The maximum atomic E-state index is 12.2. The van der Waals surface area contributed by atoms with E-state index in [2.05, 4.69) is 10.0 Å². The molecule has 1 aromatic carbocycles. The number of sulfonamides is 1. The van der Waals surface area contributed by atoms with Gasteiger partial charge in [0.25, 0.3) is 0 Å². The highest BCUT2D eigenvalue weighted by Gasteiger charge is 2.43. The maximum absolute atomic E-state index is 12.2. The zero-order valence-electron chi connectivity index (χ0n) is 15.4. The first-order valence-electron chi connectivity index (χ1n) is 8.68. The van der Waals surface area contributed by atoms with Gasteiger partial charge in [-0.1, -0.05) is 18.2 Å². The maximum Gasteiger partial charge on any atom is 0.240 e. The summed E-state index contributed by atoms with van der Waals surface area (Å²) in [6.07, 6.45) is -4.52. The Bertz CT molecular complexity index is 713. The molecular formula is C17H27N3O6S. The summed E-state index contributed by atoms with van der Waals surface area (Å²) in [4.78, 5) is 13.9. The Morgan fingerprint density at radius 3 is 2.41 bits per heavy atom. The third-order valence-electron chi connectivity index (χ3n) is 4.26. The lowest BCUT2D eigenvalue weighted by Crippen LogP contribution is -2.40. The minimum absolute atomic E-state index is 0.0925. The monoisotopic (exact) mass is 401 g/mol. The molecule has 1 amide bonds. The third-order valence-corrected chi connectivity index (χ3v) is 5.70. The molecule has 1 saturated heterocycles. The van der Waals surface area contributed by atoms with Crippen molar-refractivity contribution in [3.05, 3.63) is 30.3 Å². The van der Waals surface area contributed by atoms with E-state index >= 15 is 0 Å². The molecule has 1 aromatic rings. The predicted octanol–water partition coefficient (Wildman–Crippen LogP) is -1.48. The van der Waals surface area contributed by atoms with Crippen LogP contribution in [0.15, 0.2) is 35.2 Å². The molecule has 0 spiro atoms. The molecule has 4 unspecified atom stereocenters. The molecule has 9 nitrogen and oxygen atoms in total. The number of aliphatic hydroxyl groups is 2. The van der Waals surface area contributed by atoms with Crippen LogP contribution in [0.2, 0.25) is 0 Å². The average Bonchev–Trinajstić information content (AvgIpc) is 2.88. The fraction of sp³-hybridized carbons (Fsp3) is 0.588. The lowest BCUT2D eigenvalue weighted by atomic mass is 10.1. The Morgan fingerprint density at radius 2 is 1.78 bits per heavy atom. The van der Waals surface area contributed by atoms with Crippen LogP contribution in [0.4, 0.5) is 0 Å². The number of nitrogens with zero attached hydrogens (tertiary/aromatic N) is 1. The molecule has 0 radical (unpaired) electrons. The number of carbonyl (C=O) groups is 1. The summed E-state index contributed by atoms with van der Waals surface area (Å²) in [5, 5.41) is 22.9. The fourth-order valence-electron chi connectivity index (χ4n) is 2.71. The van der Waals surface area contributed by atoms with Crippen LogP contribution in [0, 0.1) is 0 Å². The van der Waals surface area contributed by atoms with E-state index < -0.39 is 34.4 Å². The molecule has 2 rings (SSSR count). The molecule has 4 N–H and O–H groups in total. The highest BCUT2D eigenvalue weighted by Crippen LogP contribution is 2.23. The Morgan fingerprint density at radius 1 is 1.15 bits per heavy atom. The van der Waals surface area contributed by atoms with Crippen molar-refractivity contribution in [2.24, 2.45) is 0 Å². The lowest BCUT2D eigenvalue weighted by molar-refractivity contribution is -0.125. The van der Waals surface area contributed by atoms with E-state index in [1.54, 1.807) is 18.2 Å². The number of amides is 1. The molecule has 0 aromatic heterocycles. The van der Waals surface area contributed by atoms with Gasteiger partial charge in [-0.25, -0.2) is 13.1 Å². The van der Waals surface area contributed by atoms with Crippen LogP contribution in [-0.4, -0.2) is 87.6 Å². The van der Waals surface area contributed by atoms with Crippen molar-refractivity contribution in [3.63, 3.8) is 0 Å². The van der Waals surface area contributed by atoms with Gasteiger partial charge in [0.2, 0.25) is 15.9 Å². The zero-order chi connectivity index (χ0) is 20.0. The van der Waals surface area contributed by atoms with Gasteiger partial charge in [-0.15, -0.1) is 0 Å². The van der Waals surface area contributed by atoms with Gasteiger partial charge in [0, 0.05) is 19.6 Å². The van der Waals surface area contributed by atoms with Crippen molar-refractivity contribution >= 4 is 15.9 Å². The second-order valence-electron chi connectivity index (χ2n) is 6.72. The number of rotatable bonds is 9. The van der Waals surface area contributed by atoms with Crippen LogP contribution in [0.5, 0.6) is 0 Å². The standard InChI is InChI=1S/C17H27N3O6S/c1-20(2)9-8-18-15(21)10-13-16(22)17(23)14(26-13)11-19-27(24,25)12-6-4-3-5-7-12/h3-7,13-14,16-17,19,22-23H,8-11H2,1-2H3,(H,18,21). The smallest absolute Gasteiger partial charge is 0.240 e. The van der Waals surface area contributed by atoms with E-state index in [0.29, 0.717) is 13.1 Å². The summed E-state index contributed by atoms with van der Waals surface area (Å²) in [5.74, 6) is -0.307. The lowest BCUT2D eigenvalue weighted by Gasteiger charge is -2.16. The molecule has 10 heteroatoms. The molecule has 1 aliphatic rings. The second kappa shape index (κ2) is 9.58. The third kappa shape index (κ3) is 6.23. The summed E-state index contributed by atoms with van der Waals surface area (Å²) in [7, 11) is 0.00872. The molecule has 0 aliphatic carbocycles. The average molecular weight is 401 g/mol. The van der Waals surface area contributed by atoms with Crippen LogP contribution in [0.1, 0.15) is 6.42 Å². The van der Waals surface area contributed by atoms with Crippen molar-refractivity contribution in [1.29, 1.82) is 0 Å². The summed E-state index contributed by atoms with van der Waals surface area (Å²) in [5.41, 5.74) is 0. The van der Waals surface area contributed by atoms with Crippen molar-refractivity contribution in [1.82, 2.24) is 14.9 Å². The van der Waals surface area contributed by atoms with E-state index in [4.69, 9.17) is 4.74 Å². The molecule has 152 valence electrons. The number of benzene rings is 1. The first-order valence-corrected chi connectivity index (χ1v) is 10.2. The summed E-state index contributed by atoms with van der Waals surface area (Å²) >= 11 is 0. The van der Waals surface area contributed by atoms with Gasteiger partial charge in [-0.3, -0.25) is 4.79 Å². The SMILES string of the molecule is CN(C)CCNC(=O)CC1OC(CNS(=O)(=O)c2ccccc2)C(O)C1O. The molecule has 0 bridgehead atoms. The van der Waals surface area contributed by atoms with Gasteiger partial charge in [0.1, 0.15) is 18.3 Å². The van der Waals surface area contributed by atoms with Crippen molar-refractivity contribution in [3.8, 4) is 0 Å². The first-order chi connectivity index (χ1) is 12.7. The molecule has 1 heterocycles. The molecule has 1 aliphatic heterocycles. The van der Waals surface area contributed by atoms with Gasteiger partial charge in [-0.2, -0.15) is 0 Å². The van der Waals surface area contributed by atoms with Crippen LogP contribution >= 0.6 is 0 Å². The number of hydrogen-bond donors (Lipinski definition) is 4. The first kappa shape index (κ1) is 21.7. The van der Waals surface area contributed by atoms with Gasteiger partial charge < -0.3 is 25.2 Å². The van der Waals surface area contributed by atoms with Crippen LogP contribution in [-0.2, 0) is 19.6 Å².